The van der Waals surface area contributed by atoms with Gasteiger partial charge in [-0.1, -0.05) is 0 Å². The fourth-order valence-electron chi connectivity index (χ4n) is 2.28. The minimum Gasteiger partial charge on any atom is -0.379 e. The Bertz CT molecular complexity index is 498. The lowest BCUT2D eigenvalue weighted by Crippen LogP contribution is -2.19. The summed E-state index contributed by atoms with van der Waals surface area (Å²) in [5.74, 6) is -0.161. The van der Waals surface area contributed by atoms with Crippen LogP contribution in [0.2, 0.25) is 0 Å². The maximum absolute atomic E-state index is 13.3. The van der Waals surface area contributed by atoms with Gasteiger partial charge >= 0.3 is 0 Å². The third-order valence-electron chi connectivity index (χ3n) is 3.31. The van der Waals surface area contributed by atoms with E-state index in [0.717, 1.165) is 25.6 Å². The molecule has 1 aliphatic heterocycles. The number of nitrogens with zero attached hydrogens (tertiary/aromatic N) is 2. The van der Waals surface area contributed by atoms with Crippen LogP contribution in [0.4, 0.5) is 15.8 Å². The summed E-state index contributed by atoms with van der Waals surface area (Å²) in [6, 6.07) is 2.36. The largest absolute Gasteiger partial charge is 0.379 e. The maximum Gasteiger partial charge on any atom is 0.295 e. The third-order valence-corrected chi connectivity index (χ3v) is 3.91. The number of rotatable bonds is 4. The number of nitro groups is 1. The monoisotopic (exact) mass is 331 g/mol. The van der Waals surface area contributed by atoms with Gasteiger partial charge in [0.1, 0.15) is 11.5 Å². The quantitative estimate of drug-likeness (QED) is 0.680. The fraction of sp³-hybridized carbons (Fsp3) is 0.500. The molecular formula is C12H15BrFN3O2. The zero-order chi connectivity index (χ0) is 14.0. The first kappa shape index (κ1) is 14.2. The van der Waals surface area contributed by atoms with Gasteiger partial charge in [0.25, 0.3) is 5.69 Å². The molecule has 2 rings (SSSR count). The highest BCUT2D eigenvalue weighted by Gasteiger charge is 2.22. The number of halogens is 2. The predicted molar refractivity (Wildman–Crippen MR) is 74.8 cm³/mol. The molecule has 1 saturated heterocycles. The Balaban J connectivity index is 2.10. The topological polar surface area (TPSA) is 58.4 Å². The van der Waals surface area contributed by atoms with Crippen LogP contribution in [0.5, 0.6) is 0 Å². The summed E-state index contributed by atoms with van der Waals surface area (Å²) in [6.07, 6.45) is 1.07. The van der Waals surface area contributed by atoms with Crippen molar-refractivity contribution in [2.45, 2.75) is 6.42 Å². The van der Waals surface area contributed by atoms with Crippen molar-refractivity contribution >= 4 is 27.3 Å². The van der Waals surface area contributed by atoms with Crippen LogP contribution < -0.4 is 5.32 Å². The van der Waals surface area contributed by atoms with E-state index >= 15 is 0 Å². The van der Waals surface area contributed by atoms with Crippen LogP contribution in [0.15, 0.2) is 16.6 Å². The first-order chi connectivity index (χ1) is 8.97. The van der Waals surface area contributed by atoms with E-state index < -0.39 is 10.7 Å². The van der Waals surface area contributed by atoms with Gasteiger partial charge in [-0.25, -0.2) is 4.39 Å². The Hall–Kier alpha value is -1.21. The zero-order valence-electron chi connectivity index (χ0n) is 10.5. The van der Waals surface area contributed by atoms with Gasteiger partial charge in [0.2, 0.25) is 0 Å². The molecule has 0 radical (unpaired) electrons. The highest BCUT2D eigenvalue weighted by molar-refractivity contribution is 9.10. The minimum absolute atomic E-state index is 0.226. The number of nitro benzene ring substituents is 1. The van der Waals surface area contributed by atoms with Crippen LogP contribution in [-0.4, -0.2) is 36.5 Å². The van der Waals surface area contributed by atoms with E-state index in [9.17, 15) is 14.5 Å². The molecule has 19 heavy (non-hydrogen) atoms. The Morgan fingerprint density at radius 3 is 2.95 bits per heavy atom. The Morgan fingerprint density at radius 1 is 1.63 bits per heavy atom. The van der Waals surface area contributed by atoms with Crippen molar-refractivity contribution in [2.24, 2.45) is 5.92 Å². The fourth-order valence-corrected chi connectivity index (χ4v) is 2.62. The molecule has 104 valence electrons. The Kier molecular flexibility index (Phi) is 4.36. The summed E-state index contributed by atoms with van der Waals surface area (Å²) in [4.78, 5) is 12.6. The van der Waals surface area contributed by atoms with Crippen molar-refractivity contribution in [3.8, 4) is 0 Å². The minimum atomic E-state index is -0.627. The number of nitrogens with one attached hydrogen (secondary N) is 1. The molecule has 1 N–H and O–H groups in total. The lowest BCUT2D eigenvalue weighted by molar-refractivity contribution is -0.384. The van der Waals surface area contributed by atoms with Crippen molar-refractivity contribution in [3.05, 3.63) is 32.5 Å². The lowest BCUT2D eigenvalue weighted by atomic mass is 10.1. The molecule has 0 spiro atoms. The Labute approximate surface area is 119 Å². The van der Waals surface area contributed by atoms with Crippen LogP contribution in [0.1, 0.15) is 6.42 Å². The number of likely N-dealkylation sites (tertiary alicyclic amines) is 1. The van der Waals surface area contributed by atoms with Crippen LogP contribution in [0.3, 0.4) is 0 Å². The smallest absolute Gasteiger partial charge is 0.295 e. The second kappa shape index (κ2) is 5.83. The average molecular weight is 332 g/mol. The number of anilines is 1. The molecule has 0 aromatic heterocycles. The van der Waals surface area contributed by atoms with Gasteiger partial charge in [0, 0.05) is 13.1 Å². The molecule has 0 bridgehead atoms. The van der Waals surface area contributed by atoms with E-state index in [0.29, 0.717) is 18.2 Å². The molecule has 5 nitrogen and oxygen atoms in total. The van der Waals surface area contributed by atoms with Crippen LogP contribution in [-0.2, 0) is 0 Å². The second-order valence-corrected chi connectivity index (χ2v) is 5.69. The van der Waals surface area contributed by atoms with Gasteiger partial charge in [-0.2, -0.15) is 0 Å². The van der Waals surface area contributed by atoms with E-state index in [1.807, 2.05) is 0 Å². The highest BCUT2D eigenvalue weighted by Crippen LogP contribution is 2.31. The normalized spacial score (nSPS) is 19.6. The van der Waals surface area contributed by atoms with Crippen molar-refractivity contribution in [2.75, 3.05) is 32.0 Å². The summed E-state index contributed by atoms with van der Waals surface area (Å²) in [5.41, 5.74) is 0.125. The molecule has 1 unspecified atom stereocenters. The summed E-state index contributed by atoms with van der Waals surface area (Å²) in [5, 5.41) is 14.0. The second-order valence-electron chi connectivity index (χ2n) is 4.84. The van der Waals surface area contributed by atoms with Crippen LogP contribution >= 0.6 is 15.9 Å². The highest BCUT2D eigenvalue weighted by atomic mass is 79.9. The molecule has 0 aliphatic carbocycles. The number of hydrogen-bond acceptors (Lipinski definition) is 4. The standard InChI is InChI=1S/C12H15BrFN3O2/c1-16-3-2-8(7-16)6-15-11-4-9(13)10(14)5-12(11)17(18)19/h4-5,8,15H,2-3,6-7H2,1H3. The molecule has 1 atom stereocenters. The van der Waals surface area contributed by atoms with E-state index in [2.05, 4.69) is 33.2 Å². The van der Waals surface area contributed by atoms with E-state index in [1.54, 1.807) is 0 Å². The van der Waals surface area contributed by atoms with Gasteiger partial charge in [-0.05, 0) is 47.9 Å². The first-order valence-electron chi connectivity index (χ1n) is 6.03. The molecule has 7 heteroatoms. The number of hydrogen-bond donors (Lipinski definition) is 1. The molecule has 0 amide bonds. The summed E-state index contributed by atoms with van der Waals surface area (Å²) < 4.78 is 13.6. The SMILES string of the molecule is CN1CCC(CNc2cc(Br)c(F)cc2[N+](=O)[O-])C1. The first-order valence-corrected chi connectivity index (χ1v) is 6.82. The van der Waals surface area contributed by atoms with Crippen molar-refractivity contribution in [3.63, 3.8) is 0 Å². The average Bonchev–Trinajstić information content (AvgIpc) is 2.76. The van der Waals surface area contributed by atoms with Crippen molar-refractivity contribution in [1.82, 2.24) is 4.90 Å². The molecule has 0 saturated carbocycles. The van der Waals surface area contributed by atoms with Crippen molar-refractivity contribution < 1.29 is 9.31 Å². The Morgan fingerprint density at radius 2 is 2.37 bits per heavy atom. The number of benzene rings is 1. The molecule has 1 heterocycles. The maximum atomic E-state index is 13.3. The van der Waals surface area contributed by atoms with Gasteiger partial charge in [-0.15, -0.1) is 0 Å². The van der Waals surface area contributed by atoms with E-state index in [4.69, 9.17) is 0 Å². The summed E-state index contributed by atoms with van der Waals surface area (Å²) in [6.45, 7) is 2.67. The van der Waals surface area contributed by atoms with Crippen LogP contribution in [0, 0.1) is 21.8 Å². The summed E-state index contributed by atoms with van der Waals surface area (Å²) >= 11 is 3.05. The van der Waals surface area contributed by atoms with Gasteiger partial charge < -0.3 is 10.2 Å². The predicted octanol–water partition coefficient (Wildman–Crippen LogP) is 2.86. The lowest BCUT2D eigenvalue weighted by Gasteiger charge is -2.13. The van der Waals surface area contributed by atoms with E-state index in [-0.39, 0.29) is 10.2 Å². The van der Waals surface area contributed by atoms with Crippen molar-refractivity contribution in [1.29, 1.82) is 0 Å². The van der Waals surface area contributed by atoms with Crippen LogP contribution in [0.25, 0.3) is 0 Å². The molecule has 1 fully saturated rings. The molecule has 1 aliphatic rings. The van der Waals surface area contributed by atoms with Gasteiger partial charge in [-0.3, -0.25) is 10.1 Å². The van der Waals surface area contributed by atoms with Gasteiger partial charge in [0.05, 0.1) is 15.5 Å². The third kappa shape index (κ3) is 3.42. The molecule has 1 aromatic carbocycles. The zero-order valence-corrected chi connectivity index (χ0v) is 12.1. The molecular weight excluding hydrogens is 317 g/mol. The van der Waals surface area contributed by atoms with E-state index in [1.165, 1.54) is 6.07 Å². The summed E-state index contributed by atoms with van der Waals surface area (Å²) in [7, 11) is 2.05. The molecule has 1 aromatic rings. The van der Waals surface area contributed by atoms with Gasteiger partial charge in [0.15, 0.2) is 0 Å².